The quantitative estimate of drug-likeness (QED) is 0.205. The molecule has 3 aromatic rings. The van der Waals surface area contributed by atoms with Crippen LogP contribution in [0.25, 0.3) is 10.9 Å². The molecule has 0 bridgehead atoms. The van der Waals surface area contributed by atoms with Crippen LogP contribution in [0.3, 0.4) is 0 Å². The van der Waals surface area contributed by atoms with Crippen LogP contribution in [0.4, 0.5) is 10.5 Å². The van der Waals surface area contributed by atoms with Crippen LogP contribution in [-0.2, 0) is 25.5 Å². The third-order valence-electron chi connectivity index (χ3n) is 5.71. The van der Waals surface area contributed by atoms with Crippen molar-refractivity contribution in [3.05, 3.63) is 47.2 Å². The monoisotopic (exact) mass is 523 g/mol. The van der Waals surface area contributed by atoms with Gasteiger partial charge in [-0.3, -0.25) is 4.79 Å². The number of carbonyl (C=O) groups excluding carboxylic acids is 3. The van der Waals surface area contributed by atoms with Gasteiger partial charge in [-0.25, -0.2) is 9.59 Å². The molecule has 1 amide bonds. The van der Waals surface area contributed by atoms with E-state index in [4.69, 9.17) is 14.2 Å². The summed E-state index contributed by atoms with van der Waals surface area (Å²) < 4.78 is 17.9. The highest BCUT2D eigenvalue weighted by Crippen LogP contribution is 2.34. The lowest BCUT2D eigenvalue weighted by molar-refractivity contribution is -0.152. The number of amides is 1. The van der Waals surface area contributed by atoms with Crippen LogP contribution in [0.1, 0.15) is 70.7 Å². The van der Waals surface area contributed by atoms with Gasteiger partial charge in [0.2, 0.25) is 0 Å². The van der Waals surface area contributed by atoms with Gasteiger partial charge in [-0.15, -0.1) is 0 Å². The smallest absolute Gasteiger partial charge is 0.435 e. The van der Waals surface area contributed by atoms with Crippen LogP contribution in [0.15, 0.2) is 30.3 Å². The van der Waals surface area contributed by atoms with Crippen molar-refractivity contribution in [1.82, 2.24) is 9.78 Å². The highest BCUT2D eigenvalue weighted by Gasteiger charge is 2.23. The van der Waals surface area contributed by atoms with E-state index in [-0.39, 0.29) is 6.61 Å². The van der Waals surface area contributed by atoms with Crippen molar-refractivity contribution in [2.45, 2.75) is 79.8 Å². The van der Waals surface area contributed by atoms with Crippen molar-refractivity contribution in [2.24, 2.45) is 0 Å². The van der Waals surface area contributed by atoms with Crippen LogP contribution in [0.2, 0.25) is 0 Å². The number of rotatable bonds is 8. The maximum atomic E-state index is 12.9. The number of unbranched alkanes of at least 4 members (excludes halogenated alkanes) is 2. The fourth-order valence-corrected chi connectivity index (χ4v) is 4.07. The lowest BCUT2D eigenvalue weighted by atomic mass is 10.1. The summed E-state index contributed by atoms with van der Waals surface area (Å²) >= 11 is 0. The third kappa shape index (κ3) is 7.12. The van der Waals surface area contributed by atoms with Crippen LogP contribution < -0.4 is 10.1 Å². The van der Waals surface area contributed by atoms with Gasteiger partial charge in [-0.1, -0.05) is 19.8 Å². The number of esters is 1. The zero-order chi connectivity index (χ0) is 28.0. The highest BCUT2D eigenvalue weighted by atomic mass is 16.6. The largest absolute Gasteiger partial charge is 0.459 e. The number of nitrogens with one attached hydrogen (secondary N) is 1. The van der Waals surface area contributed by atoms with E-state index in [2.05, 4.69) is 17.3 Å². The maximum absolute atomic E-state index is 12.9. The fourth-order valence-electron chi connectivity index (χ4n) is 4.07. The average molecular weight is 524 g/mol. The molecule has 0 saturated carbocycles. The molecule has 2 aromatic carbocycles. The van der Waals surface area contributed by atoms with E-state index in [1.807, 2.05) is 46.8 Å². The molecule has 0 radical (unpaired) electrons. The van der Waals surface area contributed by atoms with Crippen LogP contribution in [0, 0.1) is 13.8 Å². The van der Waals surface area contributed by atoms with Crippen molar-refractivity contribution in [1.29, 1.82) is 0 Å². The summed E-state index contributed by atoms with van der Waals surface area (Å²) in [5, 5.41) is 8.00. The molecule has 0 atom stereocenters. The molecule has 3 rings (SSSR count). The van der Waals surface area contributed by atoms with Gasteiger partial charge in [0.05, 0.1) is 17.8 Å². The van der Waals surface area contributed by atoms with Crippen LogP contribution >= 0.6 is 0 Å². The van der Waals surface area contributed by atoms with Crippen LogP contribution in [-0.4, -0.2) is 40.0 Å². The van der Waals surface area contributed by atoms with Crippen molar-refractivity contribution < 1.29 is 28.6 Å². The van der Waals surface area contributed by atoms with Gasteiger partial charge >= 0.3 is 18.0 Å². The van der Waals surface area contributed by atoms with E-state index in [0.29, 0.717) is 22.7 Å². The lowest BCUT2D eigenvalue weighted by Crippen LogP contribution is -2.27. The molecule has 1 N–H and O–H groups in total. The summed E-state index contributed by atoms with van der Waals surface area (Å²) in [6, 6.07) is 8.95. The van der Waals surface area contributed by atoms with E-state index in [1.54, 1.807) is 25.1 Å². The van der Waals surface area contributed by atoms with E-state index in [1.165, 1.54) is 4.68 Å². The van der Waals surface area contributed by atoms with Crippen molar-refractivity contribution in [2.75, 3.05) is 11.9 Å². The standard InChI is InChI=1S/C29H37N3O6/c1-8-10-11-12-23-22-17-21(13-14-24(22)32(31-23)28(35)38-29(5,6)7)37-25-18(3)15-20(16-19(25)4)30-26(33)27(34)36-9-2/h13-17H,8-12H2,1-7H3,(H,30,33). The topological polar surface area (TPSA) is 109 Å². The number of aryl methyl sites for hydroxylation is 3. The van der Waals surface area contributed by atoms with Gasteiger partial charge in [-0.2, -0.15) is 9.78 Å². The van der Waals surface area contributed by atoms with Gasteiger partial charge in [0, 0.05) is 11.1 Å². The molecule has 0 spiro atoms. The summed E-state index contributed by atoms with van der Waals surface area (Å²) in [6.45, 7) is 13.1. The molecule has 38 heavy (non-hydrogen) atoms. The first-order valence-electron chi connectivity index (χ1n) is 13.0. The Balaban J connectivity index is 1.91. The molecule has 1 heterocycles. The number of nitrogens with zero attached hydrogens (tertiary/aromatic N) is 2. The van der Waals surface area contributed by atoms with Gasteiger partial charge in [-0.05, 0) is 95.8 Å². The second kappa shape index (κ2) is 12.1. The predicted molar refractivity (Wildman–Crippen MR) is 146 cm³/mol. The average Bonchev–Trinajstić information content (AvgIpc) is 3.19. The number of hydrogen-bond acceptors (Lipinski definition) is 7. The van der Waals surface area contributed by atoms with E-state index >= 15 is 0 Å². The molecule has 0 aliphatic heterocycles. The van der Waals surface area contributed by atoms with E-state index in [0.717, 1.165) is 47.9 Å². The summed E-state index contributed by atoms with van der Waals surface area (Å²) in [5.41, 5.74) is 2.85. The number of aromatic nitrogens is 2. The summed E-state index contributed by atoms with van der Waals surface area (Å²) in [5.74, 6) is -0.543. The maximum Gasteiger partial charge on any atom is 0.435 e. The number of anilines is 1. The Kier molecular flexibility index (Phi) is 9.14. The SMILES string of the molecule is CCCCCc1nn(C(=O)OC(C)(C)C)c2ccc(Oc3c(C)cc(NC(=O)C(=O)OCC)cc3C)cc12. The number of fused-ring (bicyclic) bond motifs is 1. The molecule has 0 aliphatic carbocycles. The minimum atomic E-state index is -0.932. The fraction of sp³-hybridized carbons (Fsp3) is 0.448. The van der Waals surface area contributed by atoms with Gasteiger partial charge in [0.15, 0.2) is 0 Å². The molecule has 9 heteroatoms. The third-order valence-corrected chi connectivity index (χ3v) is 5.71. The van der Waals surface area contributed by atoms with Gasteiger partial charge in [0.1, 0.15) is 17.1 Å². The summed E-state index contributed by atoms with van der Waals surface area (Å²) in [7, 11) is 0. The normalized spacial score (nSPS) is 11.3. The second-order valence-electron chi connectivity index (χ2n) is 10.2. The molecule has 0 fully saturated rings. The molecule has 1 aromatic heterocycles. The molecule has 0 aliphatic rings. The summed E-state index contributed by atoms with van der Waals surface area (Å²) in [4.78, 5) is 36.5. The van der Waals surface area contributed by atoms with E-state index < -0.39 is 23.6 Å². The van der Waals surface area contributed by atoms with Crippen LogP contribution in [0.5, 0.6) is 11.5 Å². The molecule has 0 saturated heterocycles. The predicted octanol–water partition coefficient (Wildman–Crippen LogP) is 6.46. The molecular formula is C29H37N3O6. The van der Waals surface area contributed by atoms with Crippen molar-refractivity contribution in [3.63, 3.8) is 0 Å². The Labute approximate surface area is 223 Å². The molecule has 0 unspecified atom stereocenters. The zero-order valence-corrected chi connectivity index (χ0v) is 23.3. The Morgan fingerprint density at radius 3 is 2.29 bits per heavy atom. The molecule has 204 valence electrons. The molecular weight excluding hydrogens is 486 g/mol. The first-order chi connectivity index (χ1) is 17.9. The minimum Gasteiger partial charge on any atom is -0.459 e. The highest BCUT2D eigenvalue weighted by molar-refractivity contribution is 6.37. The minimum absolute atomic E-state index is 0.123. The number of carbonyl (C=O) groups is 3. The number of hydrogen-bond donors (Lipinski definition) is 1. The lowest BCUT2D eigenvalue weighted by Gasteiger charge is -2.19. The first kappa shape index (κ1) is 28.7. The Morgan fingerprint density at radius 2 is 1.68 bits per heavy atom. The number of ether oxygens (including phenoxy) is 3. The zero-order valence-electron chi connectivity index (χ0n) is 23.3. The Hall–Kier alpha value is -3.88. The second-order valence-corrected chi connectivity index (χ2v) is 10.2. The Bertz CT molecular complexity index is 1310. The van der Waals surface area contributed by atoms with Gasteiger partial charge < -0.3 is 19.5 Å². The van der Waals surface area contributed by atoms with Gasteiger partial charge in [0.25, 0.3) is 0 Å². The number of benzene rings is 2. The first-order valence-corrected chi connectivity index (χ1v) is 13.0. The summed E-state index contributed by atoms with van der Waals surface area (Å²) in [6.07, 6.45) is 3.31. The van der Waals surface area contributed by atoms with E-state index in [9.17, 15) is 14.4 Å². The Morgan fingerprint density at radius 1 is 1.00 bits per heavy atom. The van der Waals surface area contributed by atoms with Crippen molar-refractivity contribution >= 4 is 34.6 Å². The molecule has 9 nitrogen and oxygen atoms in total. The van der Waals surface area contributed by atoms with Crippen molar-refractivity contribution in [3.8, 4) is 11.5 Å².